The lowest BCUT2D eigenvalue weighted by Gasteiger charge is -2.42. The highest BCUT2D eigenvalue weighted by atomic mass is 15.2. The molecule has 0 aromatic heterocycles. The second kappa shape index (κ2) is 3.25. The number of nitrogens with zero attached hydrogens (tertiary/aromatic N) is 1. The molecule has 13 heavy (non-hydrogen) atoms. The predicted octanol–water partition coefficient (Wildman–Crippen LogP) is 1.47. The molecule has 76 valence electrons. The third kappa shape index (κ3) is 1.89. The molecule has 0 aliphatic carbocycles. The fraction of sp³-hybridized carbons (Fsp3) is 1.00. The maximum absolute atomic E-state index is 3.69. The lowest BCUT2D eigenvalue weighted by molar-refractivity contribution is 0.115. The van der Waals surface area contributed by atoms with E-state index < -0.39 is 0 Å². The molecule has 1 N–H and O–H groups in total. The van der Waals surface area contributed by atoms with Crippen LogP contribution in [0.2, 0.25) is 0 Å². The number of hydrogen-bond acceptors (Lipinski definition) is 2. The summed E-state index contributed by atoms with van der Waals surface area (Å²) in [4.78, 5) is 2.67. The average molecular weight is 182 g/mol. The van der Waals surface area contributed by atoms with Crippen LogP contribution in [0.3, 0.4) is 0 Å². The predicted molar refractivity (Wildman–Crippen MR) is 55.8 cm³/mol. The Morgan fingerprint density at radius 2 is 2.08 bits per heavy atom. The molecule has 0 spiro atoms. The van der Waals surface area contributed by atoms with E-state index in [-0.39, 0.29) is 0 Å². The van der Waals surface area contributed by atoms with Gasteiger partial charge in [-0.15, -0.1) is 0 Å². The smallest absolute Gasteiger partial charge is 0.0244 e. The second-order valence-electron chi connectivity index (χ2n) is 5.62. The van der Waals surface area contributed by atoms with Crippen molar-refractivity contribution in [1.82, 2.24) is 10.2 Å². The van der Waals surface area contributed by atoms with Gasteiger partial charge >= 0.3 is 0 Å². The largest absolute Gasteiger partial charge is 0.311 e. The Kier molecular flexibility index (Phi) is 2.37. The molecular formula is C11H22N2. The van der Waals surface area contributed by atoms with Gasteiger partial charge in [-0.3, -0.25) is 4.90 Å². The van der Waals surface area contributed by atoms with E-state index in [4.69, 9.17) is 0 Å². The van der Waals surface area contributed by atoms with Crippen LogP contribution in [-0.4, -0.2) is 36.6 Å². The molecule has 0 amide bonds. The van der Waals surface area contributed by atoms with Crippen molar-refractivity contribution in [2.75, 3.05) is 19.6 Å². The molecule has 0 saturated carbocycles. The van der Waals surface area contributed by atoms with Crippen LogP contribution in [0.4, 0.5) is 0 Å². The molecule has 2 heterocycles. The van der Waals surface area contributed by atoms with Crippen molar-refractivity contribution in [3.8, 4) is 0 Å². The third-order valence-corrected chi connectivity index (χ3v) is 3.56. The summed E-state index contributed by atoms with van der Waals surface area (Å²) in [5.41, 5.74) is 0.410. The SMILES string of the molecule is CC(C)(C)C1CN2CCCC2CN1. The number of rotatable bonds is 0. The van der Waals surface area contributed by atoms with Gasteiger partial charge in [0, 0.05) is 25.2 Å². The summed E-state index contributed by atoms with van der Waals surface area (Å²) >= 11 is 0. The van der Waals surface area contributed by atoms with Gasteiger partial charge in [0.2, 0.25) is 0 Å². The van der Waals surface area contributed by atoms with Crippen molar-refractivity contribution in [3.63, 3.8) is 0 Å². The summed E-state index contributed by atoms with van der Waals surface area (Å²) in [6.45, 7) is 10.8. The molecule has 0 bridgehead atoms. The molecular weight excluding hydrogens is 160 g/mol. The quantitative estimate of drug-likeness (QED) is 0.610. The van der Waals surface area contributed by atoms with Crippen molar-refractivity contribution in [2.24, 2.45) is 5.41 Å². The topological polar surface area (TPSA) is 15.3 Å². The van der Waals surface area contributed by atoms with Gasteiger partial charge in [-0.2, -0.15) is 0 Å². The van der Waals surface area contributed by atoms with E-state index in [2.05, 4.69) is 31.0 Å². The van der Waals surface area contributed by atoms with E-state index in [1.807, 2.05) is 0 Å². The summed E-state index contributed by atoms with van der Waals surface area (Å²) in [7, 11) is 0. The fourth-order valence-corrected chi connectivity index (χ4v) is 2.52. The summed E-state index contributed by atoms with van der Waals surface area (Å²) in [6, 6.07) is 1.53. The van der Waals surface area contributed by atoms with E-state index in [0.717, 1.165) is 6.04 Å². The summed E-state index contributed by atoms with van der Waals surface area (Å²) in [5.74, 6) is 0. The summed E-state index contributed by atoms with van der Waals surface area (Å²) < 4.78 is 0. The third-order valence-electron chi connectivity index (χ3n) is 3.56. The minimum absolute atomic E-state index is 0.410. The van der Waals surface area contributed by atoms with Gasteiger partial charge < -0.3 is 5.32 Å². The van der Waals surface area contributed by atoms with Gasteiger partial charge in [0.15, 0.2) is 0 Å². The first-order valence-electron chi connectivity index (χ1n) is 5.55. The number of piperazine rings is 1. The Hall–Kier alpha value is -0.0800. The first-order chi connectivity index (χ1) is 6.07. The molecule has 2 atom stereocenters. The van der Waals surface area contributed by atoms with Crippen LogP contribution >= 0.6 is 0 Å². The molecule has 2 aliphatic rings. The molecule has 0 aromatic rings. The van der Waals surface area contributed by atoms with Gasteiger partial charge in [0.25, 0.3) is 0 Å². The van der Waals surface area contributed by atoms with Crippen LogP contribution < -0.4 is 5.32 Å². The van der Waals surface area contributed by atoms with Gasteiger partial charge in [-0.25, -0.2) is 0 Å². The molecule has 2 nitrogen and oxygen atoms in total. The van der Waals surface area contributed by atoms with Gasteiger partial charge in [0.1, 0.15) is 0 Å². The number of hydrogen-bond donors (Lipinski definition) is 1. The summed E-state index contributed by atoms with van der Waals surface area (Å²) in [5, 5.41) is 3.69. The van der Waals surface area contributed by atoms with Crippen molar-refractivity contribution in [2.45, 2.75) is 45.7 Å². The normalized spacial score (nSPS) is 36.2. The fourth-order valence-electron chi connectivity index (χ4n) is 2.52. The Balaban J connectivity index is 1.97. The number of fused-ring (bicyclic) bond motifs is 1. The zero-order valence-corrected chi connectivity index (χ0v) is 9.14. The minimum Gasteiger partial charge on any atom is -0.311 e. The van der Waals surface area contributed by atoms with Crippen molar-refractivity contribution in [1.29, 1.82) is 0 Å². The maximum atomic E-state index is 3.69. The van der Waals surface area contributed by atoms with Gasteiger partial charge in [0.05, 0.1) is 0 Å². The lowest BCUT2D eigenvalue weighted by Crippen LogP contribution is -2.58. The molecule has 0 radical (unpaired) electrons. The molecule has 2 fully saturated rings. The zero-order valence-electron chi connectivity index (χ0n) is 9.14. The van der Waals surface area contributed by atoms with Crippen LogP contribution in [0.25, 0.3) is 0 Å². The lowest BCUT2D eigenvalue weighted by atomic mass is 9.85. The van der Waals surface area contributed by atoms with Gasteiger partial charge in [-0.05, 0) is 24.8 Å². The molecule has 2 unspecified atom stereocenters. The number of nitrogens with one attached hydrogen (secondary N) is 1. The van der Waals surface area contributed by atoms with Crippen LogP contribution in [-0.2, 0) is 0 Å². The van der Waals surface area contributed by atoms with Crippen LogP contribution in [0.5, 0.6) is 0 Å². The van der Waals surface area contributed by atoms with Crippen LogP contribution in [0, 0.1) is 5.41 Å². The molecule has 2 heteroatoms. The van der Waals surface area contributed by atoms with Crippen molar-refractivity contribution >= 4 is 0 Å². The Labute approximate surface area is 81.7 Å². The van der Waals surface area contributed by atoms with E-state index >= 15 is 0 Å². The highest BCUT2D eigenvalue weighted by molar-refractivity contribution is 4.94. The first kappa shape index (κ1) is 9.47. The van der Waals surface area contributed by atoms with Crippen molar-refractivity contribution in [3.05, 3.63) is 0 Å². The monoisotopic (exact) mass is 182 g/mol. The van der Waals surface area contributed by atoms with Crippen LogP contribution in [0.15, 0.2) is 0 Å². The van der Waals surface area contributed by atoms with E-state index in [1.165, 1.54) is 32.5 Å². The van der Waals surface area contributed by atoms with E-state index in [0.29, 0.717) is 11.5 Å². The van der Waals surface area contributed by atoms with E-state index in [9.17, 15) is 0 Å². The summed E-state index contributed by atoms with van der Waals surface area (Å²) in [6.07, 6.45) is 2.81. The first-order valence-corrected chi connectivity index (χ1v) is 5.55. The highest BCUT2D eigenvalue weighted by Crippen LogP contribution is 2.27. The highest BCUT2D eigenvalue weighted by Gasteiger charge is 2.35. The Morgan fingerprint density at radius 1 is 1.31 bits per heavy atom. The molecule has 2 rings (SSSR count). The Morgan fingerprint density at radius 3 is 2.77 bits per heavy atom. The maximum Gasteiger partial charge on any atom is 0.0244 e. The Bertz CT molecular complexity index is 183. The van der Waals surface area contributed by atoms with Crippen molar-refractivity contribution < 1.29 is 0 Å². The van der Waals surface area contributed by atoms with Crippen LogP contribution in [0.1, 0.15) is 33.6 Å². The molecule has 2 saturated heterocycles. The van der Waals surface area contributed by atoms with E-state index in [1.54, 1.807) is 0 Å². The van der Waals surface area contributed by atoms with Gasteiger partial charge in [-0.1, -0.05) is 20.8 Å². The minimum atomic E-state index is 0.410. The molecule has 0 aromatic carbocycles. The average Bonchev–Trinajstić information content (AvgIpc) is 2.47. The standard InChI is InChI=1S/C11H22N2/c1-11(2,3)10-8-13-6-4-5-9(13)7-12-10/h9-10,12H,4-8H2,1-3H3. The molecule has 2 aliphatic heterocycles. The zero-order chi connectivity index (χ0) is 9.47. The second-order valence-corrected chi connectivity index (χ2v) is 5.62.